The number of H-pyrrole nitrogens is 1. The molecule has 0 aliphatic heterocycles. The molecular weight excluding hydrogens is 288 g/mol. The minimum Gasteiger partial charge on any atom is -0.497 e. The van der Waals surface area contributed by atoms with Crippen molar-refractivity contribution in [1.82, 2.24) is 9.97 Å². The predicted octanol–water partition coefficient (Wildman–Crippen LogP) is 2.51. The molecular formula is C15H18N2O3S. The average molecular weight is 306 g/mol. The van der Waals surface area contributed by atoms with Crippen LogP contribution >= 0.6 is 11.8 Å². The lowest BCUT2D eigenvalue weighted by molar-refractivity contribution is 0.339. The topological polar surface area (TPSA) is 64.2 Å². The van der Waals surface area contributed by atoms with Gasteiger partial charge in [0.05, 0.1) is 13.7 Å². The highest BCUT2D eigenvalue weighted by Crippen LogP contribution is 2.19. The molecule has 1 aromatic heterocycles. The molecule has 6 heteroatoms. The second-order valence-corrected chi connectivity index (χ2v) is 5.35. The van der Waals surface area contributed by atoms with Crippen molar-refractivity contribution in [2.75, 3.05) is 19.5 Å². The van der Waals surface area contributed by atoms with Crippen molar-refractivity contribution in [1.29, 1.82) is 0 Å². The molecule has 0 radical (unpaired) electrons. The van der Waals surface area contributed by atoms with E-state index in [1.54, 1.807) is 7.11 Å². The van der Waals surface area contributed by atoms with Crippen molar-refractivity contribution < 1.29 is 9.47 Å². The van der Waals surface area contributed by atoms with Crippen LogP contribution in [0.15, 0.2) is 40.3 Å². The van der Waals surface area contributed by atoms with E-state index < -0.39 is 0 Å². The number of aryl methyl sites for hydroxylation is 1. The lowest BCUT2D eigenvalue weighted by Gasteiger charge is -2.07. The van der Waals surface area contributed by atoms with Gasteiger partial charge in [0.2, 0.25) is 0 Å². The second-order valence-electron chi connectivity index (χ2n) is 4.27. The van der Waals surface area contributed by atoms with Crippen molar-refractivity contribution in [3.63, 3.8) is 0 Å². The largest absolute Gasteiger partial charge is 0.497 e. The molecule has 0 saturated carbocycles. The van der Waals surface area contributed by atoms with Gasteiger partial charge in [-0.15, -0.1) is 0 Å². The van der Waals surface area contributed by atoms with Crippen LogP contribution in [-0.4, -0.2) is 29.4 Å². The molecule has 5 nitrogen and oxygen atoms in total. The minimum absolute atomic E-state index is 0.113. The molecule has 1 N–H and O–H groups in total. The molecule has 0 aliphatic carbocycles. The number of hydrogen-bond donors (Lipinski definition) is 1. The molecule has 0 saturated heterocycles. The summed E-state index contributed by atoms with van der Waals surface area (Å²) in [6, 6.07) is 8.99. The molecule has 0 bridgehead atoms. The Morgan fingerprint density at radius 3 is 2.86 bits per heavy atom. The Hall–Kier alpha value is -1.95. The molecule has 1 aromatic carbocycles. The predicted molar refractivity (Wildman–Crippen MR) is 83.4 cm³/mol. The van der Waals surface area contributed by atoms with Crippen LogP contribution in [0.2, 0.25) is 0 Å². The van der Waals surface area contributed by atoms with E-state index in [0.29, 0.717) is 17.5 Å². The molecule has 2 rings (SSSR count). The molecule has 0 unspecified atom stereocenters. The van der Waals surface area contributed by atoms with Gasteiger partial charge in [-0.25, -0.2) is 4.98 Å². The van der Waals surface area contributed by atoms with Gasteiger partial charge in [0.1, 0.15) is 11.5 Å². The Bertz CT molecular complexity index is 643. The molecule has 1 heterocycles. The van der Waals surface area contributed by atoms with Gasteiger partial charge < -0.3 is 14.5 Å². The summed E-state index contributed by atoms with van der Waals surface area (Å²) in [4.78, 5) is 18.5. The number of thioether (sulfide) groups is 1. The SMILES string of the molecule is CCc1cc(=O)[nH]c(SCCOc2cccc(OC)c2)n1. The zero-order chi connectivity index (χ0) is 15.1. The first-order valence-corrected chi connectivity index (χ1v) is 7.69. The summed E-state index contributed by atoms with van der Waals surface area (Å²) >= 11 is 1.47. The number of benzene rings is 1. The van der Waals surface area contributed by atoms with E-state index >= 15 is 0 Å². The van der Waals surface area contributed by atoms with Gasteiger partial charge in [0.25, 0.3) is 5.56 Å². The Morgan fingerprint density at radius 2 is 2.10 bits per heavy atom. The zero-order valence-corrected chi connectivity index (χ0v) is 12.9. The number of hydrogen-bond acceptors (Lipinski definition) is 5. The van der Waals surface area contributed by atoms with Crippen LogP contribution in [0.5, 0.6) is 11.5 Å². The highest BCUT2D eigenvalue weighted by Gasteiger charge is 2.02. The standard InChI is InChI=1S/C15H18N2O3S/c1-3-11-9-14(18)17-15(16-11)21-8-7-20-13-6-4-5-12(10-13)19-2/h4-6,9-10H,3,7-8H2,1-2H3,(H,16,17,18). The zero-order valence-electron chi connectivity index (χ0n) is 12.1. The summed E-state index contributed by atoms with van der Waals surface area (Å²) in [6.45, 7) is 2.50. The van der Waals surface area contributed by atoms with Gasteiger partial charge in [0, 0.05) is 23.6 Å². The Balaban J connectivity index is 1.84. The summed E-state index contributed by atoms with van der Waals surface area (Å²) in [6.07, 6.45) is 0.748. The van der Waals surface area contributed by atoms with Crippen LogP contribution in [0.25, 0.3) is 0 Å². The van der Waals surface area contributed by atoms with Gasteiger partial charge in [-0.1, -0.05) is 24.8 Å². The number of rotatable bonds is 7. The lowest BCUT2D eigenvalue weighted by Crippen LogP contribution is -2.10. The molecule has 21 heavy (non-hydrogen) atoms. The molecule has 0 spiro atoms. The number of ether oxygens (including phenoxy) is 2. The molecule has 0 amide bonds. The first kappa shape index (κ1) is 15.4. The van der Waals surface area contributed by atoms with Crippen molar-refractivity contribution in [3.8, 4) is 11.5 Å². The summed E-state index contributed by atoms with van der Waals surface area (Å²) < 4.78 is 10.8. The van der Waals surface area contributed by atoms with Gasteiger partial charge in [0.15, 0.2) is 5.16 Å². The summed E-state index contributed by atoms with van der Waals surface area (Å²) in [7, 11) is 1.62. The fourth-order valence-corrected chi connectivity index (χ4v) is 2.44. The number of methoxy groups -OCH3 is 1. The van der Waals surface area contributed by atoms with Gasteiger partial charge in [-0.05, 0) is 18.6 Å². The fourth-order valence-electron chi connectivity index (χ4n) is 1.72. The highest BCUT2D eigenvalue weighted by atomic mass is 32.2. The van der Waals surface area contributed by atoms with E-state index in [1.807, 2.05) is 31.2 Å². The van der Waals surface area contributed by atoms with Crippen LogP contribution in [0.4, 0.5) is 0 Å². The van der Waals surface area contributed by atoms with E-state index in [2.05, 4.69) is 9.97 Å². The van der Waals surface area contributed by atoms with Gasteiger partial charge in [-0.2, -0.15) is 0 Å². The van der Waals surface area contributed by atoms with E-state index in [0.717, 1.165) is 23.6 Å². The monoisotopic (exact) mass is 306 g/mol. The van der Waals surface area contributed by atoms with E-state index in [4.69, 9.17) is 9.47 Å². The van der Waals surface area contributed by atoms with E-state index in [9.17, 15) is 4.79 Å². The number of aromatic amines is 1. The second kappa shape index (κ2) is 7.73. The van der Waals surface area contributed by atoms with Crippen LogP contribution in [-0.2, 0) is 6.42 Å². The van der Waals surface area contributed by atoms with Gasteiger partial charge in [-0.3, -0.25) is 4.79 Å². The molecule has 112 valence electrons. The molecule has 2 aromatic rings. The quantitative estimate of drug-likeness (QED) is 0.484. The Labute approximate surface area is 127 Å². The summed E-state index contributed by atoms with van der Waals surface area (Å²) in [5.74, 6) is 2.23. The normalized spacial score (nSPS) is 10.4. The van der Waals surface area contributed by atoms with E-state index in [1.165, 1.54) is 17.8 Å². The maximum absolute atomic E-state index is 11.4. The van der Waals surface area contributed by atoms with Crippen LogP contribution in [0, 0.1) is 0 Å². The molecule has 0 fully saturated rings. The summed E-state index contributed by atoms with van der Waals surface area (Å²) in [5.41, 5.74) is 0.688. The van der Waals surface area contributed by atoms with Crippen LogP contribution in [0.1, 0.15) is 12.6 Å². The van der Waals surface area contributed by atoms with E-state index in [-0.39, 0.29) is 5.56 Å². The maximum Gasteiger partial charge on any atom is 0.251 e. The third-order valence-electron chi connectivity index (χ3n) is 2.77. The first-order valence-electron chi connectivity index (χ1n) is 6.71. The van der Waals surface area contributed by atoms with Crippen LogP contribution in [0.3, 0.4) is 0 Å². The van der Waals surface area contributed by atoms with Gasteiger partial charge >= 0.3 is 0 Å². The molecule has 0 atom stereocenters. The fraction of sp³-hybridized carbons (Fsp3) is 0.333. The maximum atomic E-state index is 11.4. The molecule has 0 aliphatic rings. The van der Waals surface area contributed by atoms with Crippen molar-refractivity contribution in [3.05, 3.63) is 46.4 Å². The lowest BCUT2D eigenvalue weighted by atomic mass is 10.3. The highest BCUT2D eigenvalue weighted by molar-refractivity contribution is 7.99. The van der Waals surface area contributed by atoms with Crippen molar-refractivity contribution >= 4 is 11.8 Å². The van der Waals surface area contributed by atoms with Crippen LogP contribution < -0.4 is 15.0 Å². The smallest absolute Gasteiger partial charge is 0.251 e. The minimum atomic E-state index is -0.113. The average Bonchev–Trinajstić information content (AvgIpc) is 2.51. The third kappa shape index (κ3) is 4.82. The van der Waals surface area contributed by atoms with Crippen molar-refractivity contribution in [2.24, 2.45) is 0 Å². The number of aromatic nitrogens is 2. The van der Waals surface area contributed by atoms with Crippen molar-refractivity contribution in [2.45, 2.75) is 18.5 Å². The number of nitrogens with one attached hydrogen (secondary N) is 1. The third-order valence-corrected chi connectivity index (χ3v) is 3.60. The Morgan fingerprint density at radius 1 is 1.29 bits per heavy atom. The number of nitrogens with zero attached hydrogens (tertiary/aromatic N) is 1. The first-order chi connectivity index (χ1) is 10.2. The Kier molecular flexibility index (Phi) is 5.68. The summed E-state index contributed by atoms with van der Waals surface area (Å²) in [5, 5.41) is 0.633.